The van der Waals surface area contributed by atoms with Crippen molar-refractivity contribution >= 4 is 0 Å². The topological polar surface area (TPSA) is 29.5 Å². The van der Waals surface area contributed by atoms with Crippen LogP contribution in [0.15, 0.2) is 48.5 Å². The fourth-order valence-electron chi connectivity index (χ4n) is 1.72. The molecular weight excluding hydrogens is 212 g/mol. The first-order chi connectivity index (χ1) is 8.16. The smallest absolute Gasteiger partial charge is 0.133 e. The van der Waals surface area contributed by atoms with Crippen LogP contribution >= 0.6 is 0 Å². The van der Waals surface area contributed by atoms with E-state index in [0.29, 0.717) is 5.75 Å². The van der Waals surface area contributed by atoms with E-state index >= 15 is 0 Å². The van der Waals surface area contributed by atoms with Gasteiger partial charge in [-0.15, -0.1) is 0 Å². The average Bonchev–Trinajstić information content (AvgIpc) is 2.29. The first-order valence-electron chi connectivity index (χ1n) is 5.68. The van der Waals surface area contributed by atoms with Crippen LogP contribution in [0.2, 0.25) is 0 Å². The Labute approximate surface area is 101 Å². The van der Waals surface area contributed by atoms with E-state index in [9.17, 15) is 5.11 Å². The number of hydrogen-bond donors (Lipinski definition) is 1. The molecule has 0 aliphatic heterocycles. The highest BCUT2D eigenvalue weighted by molar-refractivity contribution is 5.39. The van der Waals surface area contributed by atoms with Gasteiger partial charge in [0.25, 0.3) is 0 Å². The Kier molecular flexibility index (Phi) is 3.45. The summed E-state index contributed by atoms with van der Waals surface area (Å²) in [7, 11) is 0. The van der Waals surface area contributed by atoms with Gasteiger partial charge in [0.1, 0.15) is 11.5 Å². The number of aliphatic hydroxyl groups excluding tert-OH is 1. The molecule has 2 aromatic carbocycles. The lowest BCUT2D eigenvalue weighted by molar-refractivity contribution is 0.195. The quantitative estimate of drug-likeness (QED) is 0.864. The van der Waals surface area contributed by atoms with E-state index in [0.717, 1.165) is 16.9 Å². The van der Waals surface area contributed by atoms with Crippen molar-refractivity contribution in [3.63, 3.8) is 0 Å². The minimum Gasteiger partial charge on any atom is -0.457 e. The number of aryl methyl sites for hydroxylation is 1. The Morgan fingerprint density at radius 1 is 1.06 bits per heavy atom. The number of para-hydroxylation sites is 1. The summed E-state index contributed by atoms with van der Waals surface area (Å²) in [5.74, 6) is 1.49. The molecule has 0 saturated heterocycles. The third kappa shape index (κ3) is 2.86. The van der Waals surface area contributed by atoms with Gasteiger partial charge in [0.15, 0.2) is 0 Å². The number of aliphatic hydroxyl groups is 1. The van der Waals surface area contributed by atoms with Crippen molar-refractivity contribution in [3.05, 3.63) is 59.7 Å². The van der Waals surface area contributed by atoms with E-state index in [1.807, 2.05) is 55.5 Å². The molecule has 0 spiro atoms. The van der Waals surface area contributed by atoms with Crippen molar-refractivity contribution in [3.8, 4) is 11.5 Å². The van der Waals surface area contributed by atoms with Crippen LogP contribution in [0, 0.1) is 6.92 Å². The third-order valence-corrected chi connectivity index (χ3v) is 2.59. The Hall–Kier alpha value is -1.80. The molecule has 0 aliphatic rings. The van der Waals surface area contributed by atoms with Crippen molar-refractivity contribution in [2.24, 2.45) is 0 Å². The molecule has 17 heavy (non-hydrogen) atoms. The molecule has 0 saturated carbocycles. The van der Waals surface area contributed by atoms with Crippen LogP contribution in [-0.4, -0.2) is 5.11 Å². The first-order valence-corrected chi connectivity index (χ1v) is 5.68. The second kappa shape index (κ2) is 5.02. The second-order valence-electron chi connectivity index (χ2n) is 4.13. The zero-order valence-electron chi connectivity index (χ0n) is 10.1. The minimum absolute atomic E-state index is 0.531. The van der Waals surface area contributed by atoms with E-state index in [2.05, 4.69) is 0 Å². The van der Waals surface area contributed by atoms with E-state index in [-0.39, 0.29) is 0 Å². The predicted octanol–water partition coefficient (Wildman–Crippen LogP) is 3.84. The van der Waals surface area contributed by atoms with Crippen LogP contribution in [0.25, 0.3) is 0 Å². The maximum atomic E-state index is 9.66. The monoisotopic (exact) mass is 228 g/mol. The summed E-state index contributed by atoms with van der Waals surface area (Å²) in [5.41, 5.74) is 1.95. The molecule has 0 aromatic heterocycles. The SMILES string of the molecule is Cc1cccc(Oc2ccccc2C(C)O)c1. The fraction of sp³-hybridized carbons (Fsp3) is 0.200. The predicted molar refractivity (Wildman–Crippen MR) is 68.3 cm³/mol. The maximum Gasteiger partial charge on any atom is 0.133 e. The molecule has 1 atom stereocenters. The van der Waals surface area contributed by atoms with Gasteiger partial charge >= 0.3 is 0 Å². The zero-order chi connectivity index (χ0) is 12.3. The van der Waals surface area contributed by atoms with Crippen LogP contribution in [-0.2, 0) is 0 Å². The highest BCUT2D eigenvalue weighted by Gasteiger charge is 2.08. The minimum atomic E-state index is -0.531. The van der Waals surface area contributed by atoms with Gasteiger partial charge in [0.05, 0.1) is 6.10 Å². The molecule has 0 aliphatic carbocycles. The summed E-state index contributed by atoms with van der Waals surface area (Å²) < 4.78 is 5.79. The number of hydrogen-bond acceptors (Lipinski definition) is 2. The van der Waals surface area contributed by atoms with Crippen molar-refractivity contribution in [2.75, 3.05) is 0 Å². The van der Waals surface area contributed by atoms with Crippen LogP contribution in [0.1, 0.15) is 24.2 Å². The lowest BCUT2D eigenvalue weighted by Gasteiger charge is -2.13. The Morgan fingerprint density at radius 2 is 1.82 bits per heavy atom. The molecule has 1 N–H and O–H groups in total. The van der Waals surface area contributed by atoms with Crippen molar-refractivity contribution < 1.29 is 9.84 Å². The molecule has 0 amide bonds. The normalized spacial score (nSPS) is 12.2. The molecular formula is C15H16O2. The largest absolute Gasteiger partial charge is 0.457 e. The van der Waals surface area contributed by atoms with Crippen molar-refractivity contribution in [1.82, 2.24) is 0 Å². The van der Waals surface area contributed by atoms with Crippen molar-refractivity contribution in [2.45, 2.75) is 20.0 Å². The third-order valence-electron chi connectivity index (χ3n) is 2.59. The van der Waals surface area contributed by atoms with Crippen LogP contribution in [0.3, 0.4) is 0 Å². The molecule has 2 aromatic rings. The fourth-order valence-corrected chi connectivity index (χ4v) is 1.72. The second-order valence-corrected chi connectivity index (χ2v) is 4.13. The molecule has 0 radical (unpaired) electrons. The Morgan fingerprint density at radius 3 is 2.53 bits per heavy atom. The molecule has 0 bridgehead atoms. The summed E-state index contributed by atoms with van der Waals surface area (Å²) >= 11 is 0. The molecule has 88 valence electrons. The van der Waals surface area contributed by atoms with Crippen LogP contribution < -0.4 is 4.74 Å². The number of rotatable bonds is 3. The Balaban J connectivity index is 2.30. The van der Waals surface area contributed by atoms with Gasteiger partial charge in [-0.1, -0.05) is 30.3 Å². The van der Waals surface area contributed by atoms with Crippen molar-refractivity contribution in [1.29, 1.82) is 0 Å². The molecule has 1 unspecified atom stereocenters. The standard InChI is InChI=1S/C15H16O2/c1-11-6-5-7-13(10-11)17-15-9-4-3-8-14(15)12(2)16/h3-10,12,16H,1-2H3. The van der Waals surface area contributed by atoms with Gasteiger partial charge < -0.3 is 9.84 Å². The van der Waals surface area contributed by atoms with E-state index in [4.69, 9.17) is 4.74 Å². The molecule has 0 heterocycles. The van der Waals surface area contributed by atoms with Gasteiger partial charge in [0.2, 0.25) is 0 Å². The zero-order valence-corrected chi connectivity index (χ0v) is 10.1. The van der Waals surface area contributed by atoms with Crippen LogP contribution in [0.4, 0.5) is 0 Å². The van der Waals surface area contributed by atoms with E-state index < -0.39 is 6.10 Å². The van der Waals surface area contributed by atoms with Gasteiger partial charge in [-0.25, -0.2) is 0 Å². The highest BCUT2D eigenvalue weighted by atomic mass is 16.5. The molecule has 2 rings (SSSR count). The lowest BCUT2D eigenvalue weighted by Crippen LogP contribution is -1.95. The summed E-state index contributed by atoms with van der Waals surface area (Å²) in [4.78, 5) is 0. The summed E-state index contributed by atoms with van der Waals surface area (Å²) in [6, 6.07) is 15.4. The maximum absolute atomic E-state index is 9.66. The number of benzene rings is 2. The Bertz CT molecular complexity index is 504. The van der Waals surface area contributed by atoms with Crippen LogP contribution in [0.5, 0.6) is 11.5 Å². The average molecular weight is 228 g/mol. The molecule has 2 heteroatoms. The van der Waals surface area contributed by atoms with Gasteiger partial charge in [-0.2, -0.15) is 0 Å². The first kappa shape index (κ1) is 11.7. The summed E-state index contributed by atoms with van der Waals surface area (Å²) in [6.07, 6.45) is -0.531. The summed E-state index contributed by atoms with van der Waals surface area (Å²) in [6.45, 7) is 3.76. The van der Waals surface area contributed by atoms with E-state index in [1.54, 1.807) is 6.92 Å². The van der Waals surface area contributed by atoms with Gasteiger partial charge in [-0.05, 0) is 37.6 Å². The number of ether oxygens (including phenoxy) is 1. The lowest BCUT2D eigenvalue weighted by atomic mass is 10.1. The van der Waals surface area contributed by atoms with E-state index in [1.165, 1.54) is 0 Å². The highest BCUT2D eigenvalue weighted by Crippen LogP contribution is 2.29. The molecule has 0 fully saturated rings. The van der Waals surface area contributed by atoms with Gasteiger partial charge in [-0.3, -0.25) is 0 Å². The molecule has 2 nitrogen and oxygen atoms in total. The van der Waals surface area contributed by atoms with Gasteiger partial charge in [0, 0.05) is 5.56 Å². The summed E-state index contributed by atoms with van der Waals surface area (Å²) in [5, 5.41) is 9.66.